The largest absolute Gasteiger partial charge is 0.380 e. The van der Waals surface area contributed by atoms with Crippen LogP contribution in [-0.4, -0.2) is 0 Å². The van der Waals surface area contributed by atoms with E-state index in [0.29, 0.717) is 0 Å². The van der Waals surface area contributed by atoms with E-state index >= 15 is 0 Å². The lowest BCUT2D eigenvalue weighted by Crippen LogP contribution is -2.19. The van der Waals surface area contributed by atoms with E-state index < -0.39 is 0 Å². The number of allylic oxidation sites excluding steroid dienone is 2. The highest BCUT2D eigenvalue weighted by molar-refractivity contribution is 5.54. The van der Waals surface area contributed by atoms with Crippen LogP contribution < -0.4 is 5.32 Å². The van der Waals surface area contributed by atoms with Crippen LogP contribution in [0.3, 0.4) is 0 Å². The molecule has 1 heterocycles. The Balaban J connectivity index is 2.41. The zero-order chi connectivity index (χ0) is 10.7. The normalized spacial score (nSPS) is 19.3. The van der Waals surface area contributed by atoms with E-state index in [4.69, 9.17) is 0 Å². The Bertz CT molecular complexity index is 427. The molecule has 1 N–H and O–H groups in total. The van der Waals surface area contributed by atoms with Gasteiger partial charge < -0.3 is 5.32 Å². The molecule has 76 valence electrons. The summed E-state index contributed by atoms with van der Waals surface area (Å²) in [6.45, 7) is 5.99. The summed E-state index contributed by atoms with van der Waals surface area (Å²) >= 11 is 0. The molecule has 1 unspecified atom stereocenters. The molecule has 1 nitrogen and oxygen atoms in total. The highest BCUT2D eigenvalue weighted by Crippen LogP contribution is 2.26. The predicted octanol–water partition coefficient (Wildman–Crippen LogP) is 3.43. The summed E-state index contributed by atoms with van der Waals surface area (Å²) in [6.07, 6.45) is 8.06. The van der Waals surface area contributed by atoms with Crippen molar-refractivity contribution in [1.82, 2.24) is 5.32 Å². The van der Waals surface area contributed by atoms with Crippen LogP contribution in [0.25, 0.3) is 6.08 Å². The molecule has 1 aliphatic rings. The highest BCUT2D eigenvalue weighted by atomic mass is 14.9. The molecule has 1 aliphatic heterocycles. The molecule has 1 atom stereocenters. The van der Waals surface area contributed by atoms with Crippen LogP contribution >= 0.6 is 0 Å². The fraction of sp³-hybridized carbons (Fsp3) is 0.143. The number of dihydropyridines is 1. The summed E-state index contributed by atoms with van der Waals surface area (Å²) in [6, 6.07) is 8.62. The topological polar surface area (TPSA) is 12.0 Å². The SMILES string of the molecule is C=Cc1ccccc1C1NC=CC=C1C. The van der Waals surface area contributed by atoms with Gasteiger partial charge in [-0.1, -0.05) is 43.0 Å². The van der Waals surface area contributed by atoms with Crippen LogP contribution in [0.2, 0.25) is 0 Å². The molecule has 15 heavy (non-hydrogen) atoms. The van der Waals surface area contributed by atoms with Crippen LogP contribution in [0.4, 0.5) is 0 Å². The standard InChI is InChI=1S/C14H15N/c1-3-12-8-4-5-9-13(12)14-11(2)7-6-10-15-14/h3-10,14-15H,1H2,2H3. The Labute approximate surface area is 90.8 Å². The Hall–Kier alpha value is -1.76. The number of hydrogen-bond acceptors (Lipinski definition) is 1. The third-order valence-corrected chi connectivity index (χ3v) is 2.70. The Kier molecular flexibility index (Phi) is 2.72. The zero-order valence-corrected chi connectivity index (χ0v) is 8.90. The molecule has 0 aliphatic carbocycles. The molecule has 0 saturated heterocycles. The van der Waals surface area contributed by atoms with Gasteiger partial charge in [-0.15, -0.1) is 0 Å². The second kappa shape index (κ2) is 4.18. The Morgan fingerprint density at radius 3 is 2.87 bits per heavy atom. The molecule has 1 aromatic rings. The molecule has 1 heteroatoms. The van der Waals surface area contributed by atoms with Crippen molar-refractivity contribution in [1.29, 1.82) is 0 Å². The molecule has 0 spiro atoms. The average molecular weight is 197 g/mol. The van der Waals surface area contributed by atoms with Crippen LogP contribution in [0.1, 0.15) is 24.1 Å². The average Bonchev–Trinajstić information content (AvgIpc) is 2.30. The van der Waals surface area contributed by atoms with Gasteiger partial charge in [0.1, 0.15) is 0 Å². The number of rotatable bonds is 2. The minimum absolute atomic E-state index is 0.282. The molecule has 2 rings (SSSR count). The molecule has 0 radical (unpaired) electrons. The first-order valence-electron chi connectivity index (χ1n) is 5.13. The van der Waals surface area contributed by atoms with E-state index in [0.717, 1.165) is 0 Å². The summed E-state index contributed by atoms with van der Waals surface area (Å²) in [5.74, 6) is 0. The number of hydrogen-bond donors (Lipinski definition) is 1. The molecule has 0 fully saturated rings. The molecule has 0 aromatic heterocycles. The fourth-order valence-electron chi connectivity index (χ4n) is 1.87. The van der Waals surface area contributed by atoms with Crippen molar-refractivity contribution in [2.24, 2.45) is 0 Å². The number of benzene rings is 1. The lowest BCUT2D eigenvalue weighted by molar-refractivity contribution is 0.702. The van der Waals surface area contributed by atoms with Gasteiger partial charge in [-0.05, 0) is 35.9 Å². The van der Waals surface area contributed by atoms with Crippen molar-refractivity contribution in [3.63, 3.8) is 0 Å². The molecular weight excluding hydrogens is 182 g/mol. The smallest absolute Gasteiger partial charge is 0.0728 e. The third kappa shape index (κ3) is 1.86. The van der Waals surface area contributed by atoms with Crippen LogP contribution in [0, 0.1) is 0 Å². The van der Waals surface area contributed by atoms with Gasteiger partial charge in [-0.3, -0.25) is 0 Å². The van der Waals surface area contributed by atoms with Gasteiger partial charge in [-0.2, -0.15) is 0 Å². The summed E-state index contributed by atoms with van der Waals surface area (Å²) in [7, 11) is 0. The lowest BCUT2D eigenvalue weighted by Gasteiger charge is -2.23. The van der Waals surface area contributed by atoms with Crippen molar-refractivity contribution in [2.45, 2.75) is 13.0 Å². The van der Waals surface area contributed by atoms with Gasteiger partial charge in [0.15, 0.2) is 0 Å². The van der Waals surface area contributed by atoms with E-state index in [2.05, 4.69) is 43.1 Å². The summed E-state index contributed by atoms with van der Waals surface area (Å²) in [5, 5.41) is 3.36. The van der Waals surface area contributed by atoms with Crippen molar-refractivity contribution < 1.29 is 0 Å². The summed E-state index contributed by atoms with van der Waals surface area (Å²) in [5.41, 5.74) is 3.80. The molecule has 0 bridgehead atoms. The second-order valence-electron chi connectivity index (χ2n) is 3.70. The molecule has 1 aromatic carbocycles. The zero-order valence-electron chi connectivity index (χ0n) is 8.90. The maximum atomic E-state index is 3.85. The molecule has 0 amide bonds. The van der Waals surface area contributed by atoms with Gasteiger partial charge in [0.25, 0.3) is 0 Å². The quantitative estimate of drug-likeness (QED) is 0.765. The Morgan fingerprint density at radius 1 is 1.33 bits per heavy atom. The van der Waals surface area contributed by atoms with Gasteiger partial charge in [0.2, 0.25) is 0 Å². The van der Waals surface area contributed by atoms with Gasteiger partial charge in [0, 0.05) is 0 Å². The minimum atomic E-state index is 0.282. The van der Waals surface area contributed by atoms with Crippen LogP contribution in [-0.2, 0) is 0 Å². The van der Waals surface area contributed by atoms with Crippen molar-refractivity contribution in [3.8, 4) is 0 Å². The van der Waals surface area contributed by atoms with E-state index in [9.17, 15) is 0 Å². The molecular formula is C14H15N. The molecule has 0 saturated carbocycles. The fourth-order valence-corrected chi connectivity index (χ4v) is 1.87. The third-order valence-electron chi connectivity index (χ3n) is 2.70. The predicted molar refractivity (Wildman–Crippen MR) is 65.3 cm³/mol. The van der Waals surface area contributed by atoms with Crippen LogP contribution in [0.15, 0.2) is 54.8 Å². The Morgan fingerprint density at radius 2 is 2.13 bits per heavy atom. The first-order chi connectivity index (χ1) is 7.33. The maximum Gasteiger partial charge on any atom is 0.0728 e. The first kappa shape index (κ1) is 9.78. The second-order valence-corrected chi connectivity index (χ2v) is 3.70. The minimum Gasteiger partial charge on any atom is -0.380 e. The first-order valence-corrected chi connectivity index (χ1v) is 5.13. The lowest BCUT2D eigenvalue weighted by atomic mass is 9.94. The highest BCUT2D eigenvalue weighted by Gasteiger charge is 2.15. The van der Waals surface area contributed by atoms with E-state index in [-0.39, 0.29) is 6.04 Å². The van der Waals surface area contributed by atoms with Crippen LogP contribution in [0.5, 0.6) is 0 Å². The monoisotopic (exact) mass is 197 g/mol. The maximum absolute atomic E-state index is 3.85. The van der Waals surface area contributed by atoms with Crippen molar-refractivity contribution >= 4 is 6.08 Å². The van der Waals surface area contributed by atoms with E-state index in [1.54, 1.807) is 0 Å². The van der Waals surface area contributed by atoms with Gasteiger partial charge in [0.05, 0.1) is 6.04 Å². The van der Waals surface area contributed by atoms with E-state index in [1.807, 2.05) is 24.4 Å². The van der Waals surface area contributed by atoms with Gasteiger partial charge >= 0.3 is 0 Å². The van der Waals surface area contributed by atoms with Crippen molar-refractivity contribution in [2.75, 3.05) is 0 Å². The van der Waals surface area contributed by atoms with E-state index in [1.165, 1.54) is 16.7 Å². The summed E-state index contributed by atoms with van der Waals surface area (Å²) in [4.78, 5) is 0. The number of nitrogens with one attached hydrogen (secondary N) is 1. The summed E-state index contributed by atoms with van der Waals surface area (Å²) < 4.78 is 0. The van der Waals surface area contributed by atoms with Crippen molar-refractivity contribution in [3.05, 3.63) is 65.9 Å². The van der Waals surface area contributed by atoms with Gasteiger partial charge in [-0.25, -0.2) is 0 Å².